The van der Waals surface area contributed by atoms with Crippen LogP contribution < -0.4 is 10.3 Å². The predicted octanol–water partition coefficient (Wildman–Crippen LogP) is 4.60. The molecule has 3 heterocycles. The molecule has 4 aromatic rings. The van der Waals surface area contributed by atoms with Crippen LogP contribution in [-0.4, -0.2) is 56.0 Å². The molecule has 9 nitrogen and oxygen atoms in total. The highest BCUT2D eigenvalue weighted by Crippen LogP contribution is 2.27. The molecule has 206 valence electrons. The Bertz CT molecular complexity index is 1440. The topological polar surface area (TPSA) is 98.2 Å². The van der Waals surface area contributed by atoms with Gasteiger partial charge in [-0.1, -0.05) is 36.8 Å². The summed E-state index contributed by atoms with van der Waals surface area (Å²) in [5.74, 6) is 1.60. The van der Waals surface area contributed by atoms with Crippen molar-refractivity contribution in [3.63, 3.8) is 0 Å². The molecule has 1 saturated heterocycles. The van der Waals surface area contributed by atoms with E-state index < -0.39 is 0 Å². The van der Waals surface area contributed by atoms with Gasteiger partial charge in [0.05, 0.1) is 25.3 Å². The number of aromatic nitrogens is 5. The van der Waals surface area contributed by atoms with Crippen molar-refractivity contribution in [3.05, 3.63) is 81.4 Å². The fourth-order valence-electron chi connectivity index (χ4n) is 5.47. The van der Waals surface area contributed by atoms with Gasteiger partial charge in [-0.05, 0) is 79.8 Å². The van der Waals surface area contributed by atoms with Gasteiger partial charge in [0.2, 0.25) is 0 Å². The average molecular weight is 531 g/mol. The van der Waals surface area contributed by atoms with Crippen molar-refractivity contribution in [1.82, 2.24) is 30.1 Å². The van der Waals surface area contributed by atoms with E-state index in [0.29, 0.717) is 25.3 Å². The summed E-state index contributed by atoms with van der Waals surface area (Å²) in [6.45, 7) is 9.47. The highest BCUT2D eigenvalue weighted by Gasteiger charge is 2.27. The van der Waals surface area contributed by atoms with Crippen LogP contribution in [0.25, 0.3) is 10.9 Å². The summed E-state index contributed by atoms with van der Waals surface area (Å²) in [5, 5.41) is 13.8. The van der Waals surface area contributed by atoms with Gasteiger partial charge >= 0.3 is 0 Å². The summed E-state index contributed by atoms with van der Waals surface area (Å²) in [6.07, 6.45) is 3.88. The van der Waals surface area contributed by atoms with Crippen LogP contribution in [0, 0.1) is 6.92 Å². The maximum absolute atomic E-state index is 13.2. The maximum Gasteiger partial charge on any atom is 0.252 e. The molecule has 1 aliphatic rings. The lowest BCUT2D eigenvalue weighted by Crippen LogP contribution is -2.34. The molecule has 1 N–H and O–H groups in total. The Kier molecular flexibility index (Phi) is 8.68. The number of H-pyrrole nitrogens is 1. The lowest BCUT2D eigenvalue weighted by atomic mass is 10.1. The number of fused-ring (bicyclic) bond motifs is 1. The molecule has 39 heavy (non-hydrogen) atoms. The smallest absolute Gasteiger partial charge is 0.252 e. The van der Waals surface area contributed by atoms with Gasteiger partial charge in [0.15, 0.2) is 5.82 Å². The number of tetrazole rings is 1. The van der Waals surface area contributed by atoms with Gasteiger partial charge in [0, 0.05) is 36.2 Å². The zero-order valence-electron chi connectivity index (χ0n) is 23.1. The second-order valence-electron chi connectivity index (χ2n) is 10.3. The van der Waals surface area contributed by atoms with E-state index >= 15 is 0 Å². The fraction of sp³-hybridized carbons (Fsp3) is 0.467. The number of hydrogen-bond donors (Lipinski definition) is 1. The van der Waals surface area contributed by atoms with Crippen molar-refractivity contribution >= 4 is 10.9 Å². The van der Waals surface area contributed by atoms with Crippen LogP contribution in [0.1, 0.15) is 61.7 Å². The fourth-order valence-corrected chi connectivity index (χ4v) is 5.47. The molecule has 0 spiro atoms. The lowest BCUT2D eigenvalue weighted by Gasteiger charge is -2.30. The zero-order valence-corrected chi connectivity index (χ0v) is 23.1. The molecule has 2 atom stereocenters. The Morgan fingerprint density at radius 3 is 2.87 bits per heavy atom. The lowest BCUT2D eigenvalue weighted by molar-refractivity contribution is 0.0893. The number of hydrogen-bond acceptors (Lipinski definition) is 7. The first-order valence-electron chi connectivity index (χ1n) is 14.0. The van der Waals surface area contributed by atoms with E-state index in [-0.39, 0.29) is 17.7 Å². The highest BCUT2D eigenvalue weighted by molar-refractivity contribution is 5.80. The van der Waals surface area contributed by atoms with E-state index in [0.717, 1.165) is 61.3 Å². The third-order valence-electron chi connectivity index (χ3n) is 7.43. The third-order valence-corrected chi connectivity index (χ3v) is 7.43. The molecule has 0 bridgehead atoms. The number of benzene rings is 2. The van der Waals surface area contributed by atoms with Gasteiger partial charge in [-0.25, -0.2) is 4.68 Å². The van der Waals surface area contributed by atoms with Crippen LogP contribution in [0.3, 0.4) is 0 Å². The van der Waals surface area contributed by atoms with Crippen LogP contribution in [0.4, 0.5) is 0 Å². The minimum absolute atomic E-state index is 0.0592. The van der Waals surface area contributed by atoms with Crippen molar-refractivity contribution in [2.75, 3.05) is 19.8 Å². The van der Waals surface area contributed by atoms with E-state index in [1.807, 2.05) is 35.9 Å². The number of rotatable bonds is 12. The summed E-state index contributed by atoms with van der Waals surface area (Å²) in [5.41, 5.74) is 3.93. The molecule has 5 rings (SSSR count). The number of aryl methyl sites for hydroxylation is 1. The van der Waals surface area contributed by atoms with E-state index in [2.05, 4.69) is 63.5 Å². The molecule has 2 aromatic carbocycles. The second kappa shape index (κ2) is 12.5. The Hall–Kier alpha value is -3.56. The summed E-state index contributed by atoms with van der Waals surface area (Å²) in [6, 6.07) is 16.3. The van der Waals surface area contributed by atoms with Gasteiger partial charge in [0.1, 0.15) is 5.75 Å². The normalized spacial score (nSPS) is 16.3. The molecule has 1 aliphatic heterocycles. The van der Waals surface area contributed by atoms with E-state index in [4.69, 9.17) is 9.47 Å². The zero-order chi connectivity index (χ0) is 27.2. The van der Waals surface area contributed by atoms with Crippen LogP contribution in [0.15, 0.2) is 53.3 Å². The first-order valence-corrected chi connectivity index (χ1v) is 14.0. The third kappa shape index (κ3) is 6.54. The van der Waals surface area contributed by atoms with Gasteiger partial charge in [-0.15, -0.1) is 5.10 Å². The van der Waals surface area contributed by atoms with Gasteiger partial charge in [-0.2, -0.15) is 0 Å². The molecular weight excluding hydrogens is 492 g/mol. The van der Waals surface area contributed by atoms with Crippen LogP contribution in [-0.2, 0) is 24.2 Å². The first kappa shape index (κ1) is 27.0. The quantitative estimate of drug-likeness (QED) is 0.286. The molecule has 0 aliphatic carbocycles. The standard InChI is InChI=1S/C30H38N6O3/c1-4-28(29-32-33-34-36(29)20-26-10-7-15-39-26)35(14-13-22-9-6-8-21(3)16-22)19-24-17-23-18-25(38-5-2)11-12-27(23)31-30(24)37/h6,8-9,11-12,16-18,26,28H,4-5,7,10,13-15,19-20H2,1-3H3,(H,31,37)/t26-,28+/m1/s1. The number of pyridine rings is 1. The first-order chi connectivity index (χ1) is 19.0. The molecule has 0 unspecified atom stereocenters. The van der Waals surface area contributed by atoms with E-state index in [1.54, 1.807) is 0 Å². The molecule has 1 fully saturated rings. The molecule has 0 radical (unpaired) electrons. The summed E-state index contributed by atoms with van der Waals surface area (Å²) in [4.78, 5) is 18.6. The SMILES string of the molecule is CCOc1ccc2[nH]c(=O)c(CN(CCc3cccc(C)c3)[C@@H](CC)c3nnnn3C[C@H]3CCCO3)cc2c1. The van der Waals surface area contributed by atoms with E-state index in [1.165, 1.54) is 11.1 Å². The monoisotopic (exact) mass is 530 g/mol. The number of nitrogens with zero attached hydrogens (tertiary/aromatic N) is 5. The Morgan fingerprint density at radius 1 is 1.21 bits per heavy atom. The summed E-state index contributed by atoms with van der Waals surface area (Å²) < 4.78 is 13.5. The maximum atomic E-state index is 13.2. The minimum atomic E-state index is -0.0824. The van der Waals surface area contributed by atoms with Crippen LogP contribution in [0.2, 0.25) is 0 Å². The summed E-state index contributed by atoms with van der Waals surface area (Å²) in [7, 11) is 0. The van der Waals surface area contributed by atoms with Crippen LogP contribution in [0.5, 0.6) is 5.75 Å². The highest BCUT2D eigenvalue weighted by atomic mass is 16.5. The Labute approximate surface area is 229 Å². The molecule has 0 amide bonds. The molecule has 9 heteroatoms. The molecule has 0 saturated carbocycles. The van der Waals surface area contributed by atoms with Gasteiger partial charge in [0.25, 0.3) is 5.56 Å². The number of nitrogens with one attached hydrogen (secondary N) is 1. The van der Waals surface area contributed by atoms with Gasteiger partial charge < -0.3 is 14.5 Å². The predicted molar refractivity (Wildman–Crippen MR) is 151 cm³/mol. The van der Waals surface area contributed by atoms with Crippen molar-refractivity contribution in [1.29, 1.82) is 0 Å². The Balaban J connectivity index is 1.46. The largest absolute Gasteiger partial charge is 0.494 e. The second-order valence-corrected chi connectivity index (χ2v) is 10.3. The van der Waals surface area contributed by atoms with Crippen LogP contribution >= 0.6 is 0 Å². The van der Waals surface area contributed by atoms with Crippen molar-refractivity contribution in [3.8, 4) is 5.75 Å². The number of aromatic amines is 1. The van der Waals surface area contributed by atoms with Crippen molar-refractivity contribution in [2.45, 2.75) is 71.7 Å². The van der Waals surface area contributed by atoms with Gasteiger partial charge in [-0.3, -0.25) is 9.69 Å². The van der Waals surface area contributed by atoms with Crippen molar-refractivity contribution in [2.24, 2.45) is 0 Å². The van der Waals surface area contributed by atoms with Crippen molar-refractivity contribution < 1.29 is 9.47 Å². The Morgan fingerprint density at radius 2 is 2.10 bits per heavy atom. The average Bonchev–Trinajstić information content (AvgIpc) is 3.61. The van der Waals surface area contributed by atoms with E-state index in [9.17, 15) is 4.79 Å². The molecular formula is C30H38N6O3. The minimum Gasteiger partial charge on any atom is -0.494 e. The summed E-state index contributed by atoms with van der Waals surface area (Å²) >= 11 is 0. The molecule has 2 aromatic heterocycles. The number of ether oxygens (including phenoxy) is 2.